The molecule has 0 spiro atoms. The van der Waals surface area contributed by atoms with Crippen molar-refractivity contribution in [3.63, 3.8) is 0 Å². The highest BCUT2D eigenvalue weighted by molar-refractivity contribution is 4.57. The van der Waals surface area contributed by atoms with Gasteiger partial charge in [-0.25, -0.2) is 0 Å². The van der Waals surface area contributed by atoms with Gasteiger partial charge in [-0.3, -0.25) is 0 Å². The van der Waals surface area contributed by atoms with E-state index in [1.807, 2.05) is 0 Å². The number of hydrogen-bond acceptors (Lipinski definition) is 0. The van der Waals surface area contributed by atoms with Gasteiger partial charge in [0.05, 0.1) is 53.4 Å². The van der Waals surface area contributed by atoms with Gasteiger partial charge < -0.3 is 42.9 Å². The number of quaternary nitrogens is 2. The maximum absolute atomic E-state index is 2.50. The van der Waals surface area contributed by atoms with E-state index in [4.69, 9.17) is 0 Å². The molecule has 0 radical (unpaired) electrons. The van der Waals surface area contributed by atoms with Crippen LogP contribution in [0, 0.1) is 0 Å². The molecule has 0 aliphatic rings. The Morgan fingerprint density at radius 1 is 0.368 bits per heavy atom. The molecule has 4 heteroatoms. The van der Waals surface area contributed by atoms with Gasteiger partial charge >= 0.3 is 0 Å². The average molecular weight is 671 g/mol. The van der Waals surface area contributed by atoms with E-state index in [0.717, 1.165) is 12.1 Å². The predicted octanol–water partition coefficient (Wildman–Crippen LogP) is 4.55. The van der Waals surface area contributed by atoms with Crippen LogP contribution in [0.4, 0.5) is 0 Å². The summed E-state index contributed by atoms with van der Waals surface area (Å²) in [7, 11) is 9.91. The molecule has 2 nitrogen and oxygen atoms in total. The molecule has 2 atom stereocenters. The van der Waals surface area contributed by atoms with Crippen LogP contribution in [0.5, 0.6) is 0 Å². The Bertz CT molecular complexity index is 425. The van der Waals surface area contributed by atoms with Gasteiger partial charge in [0.25, 0.3) is 0 Å². The van der Waals surface area contributed by atoms with Gasteiger partial charge in [0, 0.05) is 12.8 Å². The van der Waals surface area contributed by atoms with Crippen LogP contribution in [0.15, 0.2) is 0 Å². The Morgan fingerprint density at radius 3 is 0.868 bits per heavy atom. The summed E-state index contributed by atoms with van der Waals surface area (Å²) in [5, 5.41) is 0. The van der Waals surface area contributed by atoms with E-state index in [1.54, 1.807) is 0 Å². The minimum Gasteiger partial charge on any atom is -1.00 e. The Hall–Kier alpha value is 0.880. The second-order valence-corrected chi connectivity index (χ2v) is 13.6. The second-order valence-electron chi connectivity index (χ2n) is 13.6. The second kappa shape index (κ2) is 28.0. The summed E-state index contributed by atoms with van der Waals surface area (Å²) in [5.74, 6) is 0. The molecule has 0 rings (SSSR count). The molecule has 0 saturated carbocycles. The van der Waals surface area contributed by atoms with E-state index in [0.29, 0.717) is 0 Å². The number of rotatable bonds is 27. The van der Waals surface area contributed by atoms with Crippen LogP contribution in [0.2, 0.25) is 0 Å². The molecule has 0 aliphatic carbocycles. The molecule has 0 bridgehead atoms. The van der Waals surface area contributed by atoms with Crippen molar-refractivity contribution in [3.05, 3.63) is 0 Å². The van der Waals surface area contributed by atoms with Gasteiger partial charge in [-0.1, -0.05) is 117 Å². The first kappa shape index (κ1) is 43.3. The lowest BCUT2D eigenvalue weighted by atomic mass is 10.0. The molecule has 0 aromatic carbocycles. The first-order valence-corrected chi connectivity index (χ1v) is 16.8. The number of hydrogen-bond donors (Lipinski definition) is 0. The summed E-state index contributed by atoms with van der Waals surface area (Å²) in [6.45, 7) is 12.3. The van der Waals surface area contributed by atoms with Crippen LogP contribution in [-0.2, 0) is 0 Å². The van der Waals surface area contributed by atoms with E-state index in [9.17, 15) is 0 Å². The molecule has 234 valence electrons. The normalized spacial score (nSPS) is 13.6. The highest BCUT2D eigenvalue weighted by atomic mass is 79.9. The third-order valence-corrected chi connectivity index (χ3v) is 9.56. The molecule has 38 heavy (non-hydrogen) atoms. The van der Waals surface area contributed by atoms with Crippen LogP contribution in [0.25, 0.3) is 0 Å². The Labute approximate surface area is 264 Å². The lowest BCUT2D eigenvalue weighted by Gasteiger charge is -2.38. The molecule has 0 N–H and O–H groups in total. The van der Waals surface area contributed by atoms with Crippen molar-refractivity contribution in [2.75, 3.05) is 41.3 Å². The summed E-state index contributed by atoms with van der Waals surface area (Å²) >= 11 is 0. The molecular weight excluding hydrogens is 596 g/mol. The fraction of sp³-hybridized carbons (Fsp3) is 1.00. The summed E-state index contributed by atoms with van der Waals surface area (Å²) in [4.78, 5) is 0. The van der Waals surface area contributed by atoms with E-state index >= 15 is 0 Å². The van der Waals surface area contributed by atoms with E-state index in [-0.39, 0.29) is 34.0 Å². The largest absolute Gasteiger partial charge is 1.00 e. The summed E-state index contributed by atoms with van der Waals surface area (Å²) in [6, 6.07) is 1.59. The lowest BCUT2D eigenvalue weighted by molar-refractivity contribution is -0.919. The monoisotopic (exact) mass is 668 g/mol. The zero-order chi connectivity index (χ0) is 27.1. The summed E-state index contributed by atoms with van der Waals surface area (Å²) < 4.78 is 2.41. The maximum Gasteiger partial charge on any atom is 0.0857 e. The molecule has 0 heterocycles. The quantitative estimate of drug-likeness (QED) is 0.0890. The Balaban J connectivity index is -0.00000612. The predicted molar refractivity (Wildman–Crippen MR) is 166 cm³/mol. The van der Waals surface area contributed by atoms with Crippen molar-refractivity contribution in [1.29, 1.82) is 0 Å². The van der Waals surface area contributed by atoms with E-state index in [1.165, 1.54) is 163 Å². The van der Waals surface area contributed by atoms with Gasteiger partial charge in [0.1, 0.15) is 0 Å². The summed E-state index contributed by atoms with van der Waals surface area (Å²) in [5.41, 5.74) is 0. The molecule has 0 fully saturated rings. The first-order valence-electron chi connectivity index (χ1n) is 16.8. The van der Waals surface area contributed by atoms with Crippen molar-refractivity contribution in [2.45, 2.75) is 181 Å². The molecular formula is C34H74Br2N2. The van der Waals surface area contributed by atoms with Gasteiger partial charge in [0.15, 0.2) is 0 Å². The molecule has 0 aromatic heterocycles. The average Bonchev–Trinajstić information content (AvgIpc) is 2.84. The smallest absolute Gasteiger partial charge is 0.0857 e. The minimum absolute atomic E-state index is 0. The number of unbranched alkanes of at least 4 members (excludes halogenated alkanes) is 17. The molecule has 0 amide bonds. The molecule has 0 saturated heterocycles. The van der Waals surface area contributed by atoms with Crippen LogP contribution in [-0.4, -0.2) is 62.3 Å². The van der Waals surface area contributed by atoms with Crippen LogP contribution in [0.3, 0.4) is 0 Å². The zero-order valence-corrected chi connectivity index (χ0v) is 30.9. The fourth-order valence-corrected chi connectivity index (χ4v) is 5.68. The van der Waals surface area contributed by atoms with Crippen molar-refractivity contribution in [1.82, 2.24) is 0 Å². The number of halogens is 2. The lowest BCUT2D eigenvalue weighted by Crippen LogP contribution is -3.00. The Kier molecular flexibility index (Phi) is 32.0. The van der Waals surface area contributed by atoms with Gasteiger partial charge in [-0.2, -0.15) is 0 Å². The maximum atomic E-state index is 2.50. The molecule has 0 aromatic rings. The van der Waals surface area contributed by atoms with Gasteiger partial charge in [-0.05, 0) is 39.5 Å². The van der Waals surface area contributed by atoms with Gasteiger partial charge in [0.2, 0.25) is 0 Å². The van der Waals surface area contributed by atoms with E-state index < -0.39 is 0 Å². The highest BCUT2D eigenvalue weighted by Gasteiger charge is 2.26. The van der Waals surface area contributed by atoms with Crippen LogP contribution < -0.4 is 34.0 Å². The topological polar surface area (TPSA) is 0 Å². The summed E-state index contributed by atoms with van der Waals surface area (Å²) in [6.07, 6.45) is 31.5. The zero-order valence-electron chi connectivity index (χ0n) is 27.8. The van der Waals surface area contributed by atoms with Crippen LogP contribution in [0.1, 0.15) is 169 Å². The number of nitrogens with zero attached hydrogens (tertiary/aromatic N) is 2. The van der Waals surface area contributed by atoms with Gasteiger partial charge in [-0.15, -0.1) is 0 Å². The SMILES string of the molecule is CCCCCCCCCCCC(C)[N+](C)(C)CCCC[N+](C)(C)C(C)CCCCCCCCCCC.[Br-].[Br-]. The van der Waals surface area contributed by atoms with Crippen molar-refractivity contribution < 1.29 is 42.9 Å². The Morgan fingerprint density at radius 2 is 0.605 bits per heavy atom. The minimum atomic E-state index is 0. The highest BCUT2D eigenvalue weighted by Crippen LogP contribution is 2.20. The van der Waals surface area contributed by atoms with E-state index in [2.05, 4.69) is 55.9 Å². The fourth-order valence-electron chi connectivity index (χ4n) is 5.68. The third-order valence-electron chi connectivity index (χ3n) is 9.56. The standard InChI is InChI=1S/C34H74N2.2BrH/c1-9-11-13-15-17-19-21-23-25-29-33(3)35(5,6)31-27-28-32-36(7,8)34(4)30-26-24-22-20-18-16-14-12-10-2;;/h33-34H,9-32H2,1-8H3;2*1H/q+2;;/p-2. The first-order chi connectivity index (χ1) is 17.2. The third kappa shape index (κ3) is 24.7. The van der Waals surface area contributed by atoms with Crippen molar-refractivity contribution >= 4 is 0 Å². The van der Waals surface area contributed by atoms with Crippen LogP contribution >= 0.6 is 0 Å². The molecule has 2 unspecified atom stereocenters. The van der Waals surface area contributed by atoms with Crippen molar-refractivity contribution in [2.24, 2.45) is 0 Å². The molecule has 0 aliphatic heterocycles. The van der Waals surface area contributed by atoms with Crippen molar-refractivity contribution in [3.8, 4) is 0 Å².